The standard InChI is InChI=1S/C10H16N2O3S/c1-2-7-16(14,15)12-8-10(13)9-5-3-4-6-11-9/h3-6,10,12-13H,2,7-8H2,1H3/t10-/m1/s1. The first-order valence-electron chi connectivity index (χ1n) is 5.11. The van der Waals surface area contributed by atoms with E-state index in [0.717, 1.165) is 0 Å². The third-order valence-corrected chi connectivity index (χ3v) is 3.55. The Morgan fingerprint density at radius 3 is 2.81 bits per heavy atom. The van der Waals surface area contributed by atoms with Crippen LogP contribution < -0.4 is 4.72 Å². The van der Waals surface area contributed by atoms with E-state index in [1.54, 1.807) is 31.3 Å². The van der Waals surface area contributed by atoms with Crippen molar-refractivity contribution in [2.45, 2.75) is 19.4 Å². The van der Waals surface area contributed by atoms with E-state index in [4.69, 9.17) is 0 Å². The Labute approximate surface area is 95.6 Å². The fourth-order valence-corrected chi connectivity index (χ4v) is 2.32. The van der Waals surface area contributed by atoms with Gasteiger partial charge in [0, 0.05) is 12.7 Å². The van der Waals surface area contributed by atoms with Crippen LogP contribution >= 0.6 is 0 Å². The fourth-order valence-electron chi connectivity index (χ4n) is 1.22. The first-order valence-corrected chi connectivity index (χ1v) is 6.76. The van der Waals surface area contributed by atoms with Crippen LogP contribution in [0.15, 0.2) is 24.4 Å². The highest BCUT2D eigenvalue weighted by atomic mass is 32.2. The maximum Gasteiger partial charge on any atom is 0.211 e. The first kappa shape index (κ1) is 13.1. The lowest BCUT2D eigenvalue weighted by molar-refractivity contribution is 0.177. The Morgan fingerprint density at radius 1 is 1.50 bits per heavy atom. The molecule has 0 bridgehead atoms. The molecule has 1 atom stereocenters. The second kappa shape index (κ2) is 5.93. The number of aromatic nitrogens is 1. The van der Waals surface area contributed by atoms with E-state index >= 15 is 0 Å². The summed E-state index contributed by atoms with van der Waals surface area (Å²) >= 11 is 0. The van der Waals surface area contributed by atoms with Crippen LogP contribution in [-0.2, 0) is 10.0 Å². The van der Waals surface area contributed by atoms with Gasteiger partial charge in [0.1, 0.15) is 6.10 Å². The smallest absolute Gasteiger partial charge is 0.211 e. The Bertz CT molecular complexity index is 405. The van der Waals surface area contributed by atoms with Gasteiger partial charge in [-0.2, -0.15) is 0 Å². The van der Waals surface area contributed by atoms with E-state index in [1.807, 2.05) is 0 Å². The predicted octanol–water partition coefficient (Wildman–Crippen LogP) is 0.444. The van der Waals surface area contributed by atoms with Gasteiger partial charge in [0.2, 0.25) is 10.0 Å². The highest BCUT2D eigenvalue weighted by Crippen LogP contribution is 2.07. The SMILES string of the molecule is CCCS(=O)(=O)NC[C@@H](O)c1ccccn1. The molecule has 0 fully saturated rings. The Morgan fingerprint density at radius 2 is 2.25 bits per heavy atom. The molecule has 1 rings (SSSR count). The second-order valence-corrected chi connectivity index (χ2v) is 5.36. The van der Waals surface area contributed by atoms with Gasteiger partial charge in [-0.25, -0.2) is 13.1 Å². The minimum absolute atomic E-state index is 0.0423. The van der Waals surface area contributed by atoms with Gasteiger partial charge >= 0.3 is 0 Å². The lowest BCUT2D eigenvalue weighted by Crippen LogP contribution is -2.30. The number of pyridine rings is 1. The molecule has 0 radical (unpaired) electrons. The molecule has 5 nitrogen and oxygen atoms in total. The van der Waals surface area contributed by atoms with Crippen molar-refractivity contribution in [1.29, 1.82) is 0 Å². The number of hydrogen-bond donors (Lipinski definition) is 2. The van der Waals surface area contributed by atoms with Gasteiger partial charge in [0.15, 0.2) is 0 Å². The van der Waals surface area contributed by atoms with Gasteiger partial charge in [-0.3, -0.25) is 4.98 Å². The molecular weight excluding hydrogens is 228 g/mol. The largest absolute Gasteiger partial charge is 0.385 e. The third kappa shape index (κ3) is 4.26. The van der Waals surface area contributed by atoms with Crippen molar-refractivity contribution in [2.75, 3.05) is 12.3 Å². The van der Waals surface area contributed by atoms with E-state index in [9.17, 15) is 13.5 Å². The molecule has 0 aliphatic heterocycles. The van der Waals surface area contributed by atoms with E-state index < -0.39 is 16.1 Å². The number of nitrogens with one attached hydrogen (secondary N) is 1. The summed E-state index contributed by atoms with van der Waals surface area (Å²) in [7, 11) is -3.27. The Kier molecular flexibility index (Phi) is 4.85. The van der Waals surface area contributed by atoms with Crippen LogP contribution in [0.4, 0.5) is 0 Å². The maximum absolute atomic E-state index is 11.3. The molecule has 0 saturated carbocycles. The first-order chi connectivity index (χ1) is 7.55. The van der Waals surface area contributed by atoms with Crippen molar-refractivity contribution in [1.82, 2.24) is 9.71 Å². The third-order valence-electron chi connectivity index (χ3n) is 2.00. The Balaban J connectivity index is 2.51. The van der Waals surface area contributed by atoms with Crippen molar-refractivity contribution in [3.63, 3.8) is 0 Å². The molecule has 16 heavy (non-hydrogen) atoms. The molecule has 0 saturated heterocycles. The molecular formula is C10H16N2O3S. The van der Waals surface area contributed by atoms with Crippen LogP contribution in [0.5, 0.6) is 0 Å². The zero-order valence-corrected chi connectivity index (χ0v) is 9.94. The lowest BCUT2D eigenvalue weighted by atomic mass is 10.2. The molecule has 90 valence electrons. The molecule has 0 aliphatic carbocycles. The van der Waals surface area contributed by atoms with E-state index in [0.29, 0.717) is 12.1 Å². The molecule has 1 heterocycles. The molecule has 2 N–H and O–H groups in total. The summed E-state index contributed by atoms with van der Waals surface area (Å²) < 4.78 is 25.0. The molecule has 0 aromatic carbocycles. The molecule has 0 unspecified atom stereocenters. The van der Waals surface area contributed by atoms with Crippen molar-refractivity contribution < 1.29 is 13.5 Å². The highest BCUT2D eigenvalue weighted by Gasteiger charge is 2.13. The van der Waals surface area contributed by atoms with Crippen molar-refractivity contribution in [3.8, 4) is 0 Å². The summed E-state index contributed by atoms with van der Waals surface area (Å²) in [6.45, 7) is 1.74. The zero-order chi connectivity index (χ0) is 12.0. The average molecular weight is 244 g/mol. The Hall–Kier alpha value is -0.980. The van der Waals surface area contributed by atoms with Crippen LogP contribution in [0.2, 0.25) is 0 Å². The van der Waals surface area contributed by atoms with Crippen LogP contribution in [0.25, 0.3) is 0 Å². The number of aliphatic hydroxyl groups is 1. The molecule has 1 aromatic rings. The van der Waals surface area contributed by atoms with Crippen LogP contribution in [0.3, 0.4) is 0 Å². The number of aliphatic hydroxyl groups excluding tert-OH is 1. The summed E-state index contributed by atoms with van der Waals surface area (Å²) in [5.41, 5.74) is 0.460. The van der Waals surface area contributed by atoms with Gasteiger partial charge in [-0.1, -0.05) is 13.0 Å². The minimum atomic E-state index is -3.27. The van der Waals surface area contributed by atoms with E-state index in [1.165, 1.54) is 0 Å². The summed E-state index contributed by atoms with van der Waals surface area (Å²) in [5.74, 6) is 0.0714. The van der Waals surface area contributed by atoms with E-state index in [2.05, 4.69) is 9.71 Å². The number of hydrogen-bond acceptors (Lipinski definition) is 4. The predicted molar refractivity (Wildman–Crippen MR) is 61.3 cm³/mol. The number of sulfonamides is 1. The molecule has 0 spiro atoms. The molecule has 1 aromatic heterocycles. The normalized spacial score (nSPS) is 13.6. The minimum Gasteiger partial charge on any atom is -0.385 e. The number of rotatable bonds is 6. The van der Waals surface area contributed by atoms with Crippen molar-refractivity contribution >= 4 is 10.0 Å². The van der Waals surface area contributed by atoms with Crippen LogP contribution in [0.1, 0.15) is 25.1 Å². The van der Waals surface area contributed by atoms with Crippen LogP contribution in [-0.4, -0.2) is 30.8 Å². The summed E-state index contributed by atoms with van der Waals surface area (Å²) in [6.07, 6.45) is 1.20. The van der Waals surface area contributed by atoms with Crippen molar-refractivity contribution in [3.05, 3.63) is 30.1 Å². The lowest BCUT2D eigenvalue weighted by Gasteiger charge is -2.11. The molecule has 0 amide bonds. The quantitative estimate of drug-likeness (QED) is 0.761. The van der Waals surface area contributed by atoms with Crippen molar-refractivity contribution in [2.24, 2.45) is 0 Å². The fraction of sp³-hybridized carbons (Fsp3) is 0.500. The summed E-state index contributed by atoms with van der Waals surface area (Å²) in [4.78, 5) is 3.94. The van der Waals surface area contributed by atoms with Gasteiger partial charge in [-0.15, -0.1) is 0 Å². The van der Waals surface area contributed by atoms with Gasteiger partial charge in [-0.05, 0) is 18.6 Å². The van der Waals surface area contributed by atoms with Crippen LogP contribution in [0, 0.1) is 0 Å². The number of nitrogens with zero attached hydrogens (tertiary/aromatic N) is 1. The summed E-state index contributed by atoms with van der Waals surface area (Å²) in [5, 5.41) is 9.66. The highest BCUT2D eigenvalue weighted by molar-refractivity contribution is 7.89. The molecule has 0 aliphatic rings. The van der Waals surface area contributed by atoms with Gasteiger partial charge in [0.25, 0.3) is 0 Å². The van der Waals surface area contributed by atoms with Gasteiger partial charge in [0.05, 0.1) is 11.4 Å². The topological polar surface area (TPSA) is 79.3 Å². The zero-order valence-electron chi connectivity index (χ0n) is 9.13. The van der Waals surface area contributed by atoms with Gasteiger partial charge < -0.3 is 5.11 Å². The van der Waals surface area contributed by atoms with E-state index in [-0.39, 0.29) is 12.3 Å². The monoisotopic (exact) mass is 244 g/mol. The molecule has 6 heteroatoms. The second-order valence-electron chi connectivity index (χ2n) is 3.44. The summed E-state index contributed by atoms with van der Waals surface area (Å²) in [6, 6.07) is 5.13. The average Bonchev–Trinajstić information content (AvgIpc) is 2.27. The maximum atomic E-state index is 11.3.